The molecule has 1 fully saturated rings. The van der Waals surface area contributed by atoms with Crippen molar-refractivity contribution in [2.75, 3.05) is 13.1 Å². The van der Waals surface area contributed by atoms with Crippen LogP contribution in [0, 0.1) is 12.8 Å². The number of carbonyl (C=O) groups excluding carboxylic acids is 1. The minimum Gasteiger partial charge on any atom is -0.444 e. The number of ether oxygens (including phenoxy) is 1. The average molecular weight is 435 g/mol. The molecule has 1 atom stereocenters. The van der Waals surface area contributed by atoms with E-state index in [1.165, 1.54) is 34.4 Å². The Kier molecular flexibility index (Phi) is 6.88. The summed E-state index contributed by atoms with van der Waals surface area (Å²) in [6.45, 7) is 9.58. The van der Waals surface area contributed by atoms with E-state index in [0.717, 1.165) is 51.6 Å². The molecule has 0 saturated carbocycles. The number of nitrogens with zero attached hydrogens (tertiary/aromatic N) is 2. The van der Waals surface area contributed by atoms with E-state index in [0.29, 0.717) is 11.8 Å². The van der Waals surface area contributed by atoms with Crippen LogP contribution in [0.3, 0.4) is 0 Å². The minimum absolute atomic E-state index is 0.168. The predicted octanol–water partition coefficient (Wildman–Crippen LogP) is 6.74. The van der Waals surface area contributed by atoms with Gasteiger partial charge in [-0.25, -0.2) is 4.79 Å². The summed E-state index contributed by atoms with van der Waals surface area (Å²) in [6, 6.07) is 6.98. The van der Waals surface area contributed by atoms with Crippen molar-refractivity contribution in [1.29, 1.82) is 0 Å². The highest BCUT2D eigenvalue weighted by atomic mass is 16.6. The number of fused-ring (bicyclic) bond motifs is 2. The van der Waals surface area contributed by atoms with E-state index in [9.17, 15) is 4.79 Å². The van der Waals surface area contributed by atoms with Crippen molar-refractivity contribution in [2.24, 2.45) is 10.9 Å². The first-order chi connectivity index (χ1) is 15.3. The van der Waals surface area contributed by atoms with Gasteiger partial charge in [-0.3, -0.25) is 4.99 Å². The molecule has 0 bridgehead atoms. The molecule has 1 aliphatic carbocycles. The van der Waals surface area contributed by atoms with Gasteiger partial charge in [-0.2, -0.15) is 0 Å². The van der Waals surface area contributed by atoms with E-state index < -0.39 is 5.60 Å². The predicted molar refractivity (Wildman–Crippen MR) is 131 cm³/mol. The number of piperidine rings is 1. The van der Waals surface area contributed by atoms with Crippen molar-refractivity contribution in [3.05, 3.63) is 58.8 Å². The first-order valence-electron chi connectivity index (χ1n) is 12.3. The lowest BCUT2D eigenvalue weighted by atomic mass is 9.81. The Morgan fingerprint density at radius 1 is 1.16 bits per heavy atom. The normalized spacial score (nSPS) is 21.6. The lowest BCUT2D eigenvalue weighted by Crippen LogP contribution is -2.41. The molecule has 0 radical (unpaired) electrons. The molecule has 1 saturated heterocycles. The molecule has 172 valence electrons. The zero-order valence-corrected chi connectivity index (χ0v) is 20.2. The van der Waals surface area contributed by atoms with Gasteiger partial charge < -0.3 is 9.64 Å². The third-order valence-corrected chi connectivity index (χ3v) is 6.95. The summed E-state index contributed by atoms with van der Waals surface area (Å²) >= 11 is 0. The largest absolute Gasteiger partial charge is 0.444 e. The van der Waals surface area contributed by atoms with Crippen LogP contribution in [0.2, 0.25) is 0 Å². The van der Waals surface area contributed by atoms with Gasteiger partial charge in [-0.15, -0.1) is 0 Å². The number of amides is 1. The summed E-state index contributed by atoms with van der Waals surface area (Å²) < 4.78 is 5.56. The van der Waals surface area contributed by atoms with Gasteiger partial charge in [0.1, 0.15) is 5.60 Å². The second kappa shape index (κ2) is 9.64. The number of hydrogen-bond donors (Lipinski definition) is 0. The second-order valence-corrected chi connectivity index (χ2v) is 10.6. The molecule has 4 heteroatoms. The number of likely N-dealkylation sites (tertiary alicyclic amines) is 1. The van der Waals surface area contributed by atoms with Crippen LogP contribution in [0.25, 0.3) is 0 Å². The smallest absolute Gasteiger partial charge is 0.410 e. The van der Waals surface area contributed by atoms with E-state index in [-0.39, 0.29) is 6.09 Å². The quantitative estimate of drug-likeness (QED) is 0.529. The van der Waals surface area contributed by atoms with Crippen molar-refractivity contribution < 1.29 is 9.53 Å². The summed E-state index contributed by atoms with van der Waals surface area (Å²) in [4.78, 5) is 19.2. The molecule has 0 aromatic heterocycles. The first kappa shape index (κ1) is 22.8. The van der Waals surface area contributed by atoms with Gasteiger partial charge >= 0.3 is 6.09 Å². The zero-order chi connectivity index (χ0) is 22.7. The summed E-state index contributed by atoms with van der Waals surface area (Å²) in [5, 5.41) is 0. The number of hydrogen-bond acceptors (Lipinski definition) is 3. The van der Waals surface area contributed by atoms with Gasteiger partial charge in [0.05, 0.1) is 5.71 Å². The molecule has 2 aliphatic heterocycles. The average Bonchev–Trinajstić information content (AvgIpc) is 3.05. The van der Waals surface area contributed by atoms with Crippen LogP contribution in [-0.2, 0) is 11.2 Å². The third-order valence-electron chi connectivity index (χ3n) is 6.95. The Balaban J connectivity index is 1.44. The highest BCUT2D eigenvalue weighted by Gasteiger charge is 2.30. The van der Waals surface area contributed by atoms with Crippen LogP contribution < -0.4 is 0 Å². The van der Waals surface area contributed by atoms with Crippen molar-refractivity contribution >= 4 is 11.8 Å². The zero-order valence-electron chi connectivity index (χ0n) is 20.2. The standard InChI is InChI=1S/C28H38N2O2/c1-20-8-12-24-23(19-20)11-10-22-7-5-6-16-29-26(22)25(24)13-9-21-14-17-30(18-15-21)27(31)32-28(2,3)4/h6-8,12,16,19,21,25H,5,9-11,13-15,17-18H2,1-4H3. The minimum atomic E-state index is -0.432. The fourth-order valence-corrected chi connectivity index (χ4v) is 5.27. The molecule has 4 nitrogen and oxygen atoms in total. The van der Waals surface area contributed by atoms with Crippen LogP contribution in [-0.4, -0.2) is 35.4 Å². The Labute approximate surface area is 193 Å². The second-order valence-electron chi connectivity index (χ2n) is 10.6. The van der Waals surface area contributed by atoms with Crippen molar-refractivity contribution in [1.82, 2.24) is 4.90 Å². The molecule has 32 heavy (non-hydrogen) atoms. The molecular formula is C28H38N2O2. The Hall–Kier alpha value is -2.36. The Bertz CT molecular complexity index is 927. The fraction of sp³-hybridized carbons (Fsp3) is 0.571. The summed E-state index contributed by atoms with van der Waals surface area (Å²) in [5.74, 6) is 1.02. The third kappa shape index (κ3) is 5.51. The molecule has 1 unspecified atom stereocenters. The fourth-order valence-electron chi connectivity index (χ4n) is 5.27. The van der Waals surface area contributed by atoms with Gasteiger partial charge in [0, 0.05) is 25.2 Å². The van der Waals surface area contributed by atoms with E-state index in [2.05, 4.69) is 37.3 Å². The van der Waals surface area contributed by atoms with Crippen LogP contribution in [0.1, 0.15) is 81.9 Å². The molecule has 0 N–H and O–H groups in total. The SMILES string of the molecule is Cc1ccc2c(c1)CCC1=CCC=CN=C1C2CCC1CCN(C(=O)OC(C)(C)C)CC1. The highest BCUT2D eigenvalue weighted by molar-refractivity contribution is 6.06. The Morgan fingerprint density at radius 2 is 1.94 bits per heavy atom. The molecule has 1 aromatic carbocycles. The summed E-state index contributed by atoms with van der Waals surface area (Å²) in [7, 11) is 0. The van der Waals surface area contributed by atoms with Crippen LogP contribution >= 0.6 is 0 Å². The van der Waals surface area contributed by atoms with Crippen LogP contribution in [0.4, 0.5) is 4.79 Å². The first-order valence-corrected chi connectivity index (χ1v) is 12.3. The molecule has 3 aliphatic rings. The lowest BCUT2D eigenvalue weighted by molar-refractivity contribution is 0.0180. The number of rotatable bonds is 3. The van der Waals surface area contributed by atoms with E-state index in [1.54, 1.807) is 0 Å². The maximum absolute atomic E-state index is 12.4. The van der Waals surface area contributed by atoms with Gasteiger partial charge in [0.25, 0.3) is 0 Å². The molecule has 4 rings (SSSR count). The molecule has 1 amide bonds. The number of aryl methyl sites for hydroxylation is 2. The number of carbonyl (C=O) groups is 1. The molecule has 2 heterocycles. The van der Waals surface area contributed by atoms with Gasteiger partial charge in [0.15, 0.2) is 0 Å². The Morgan fingerprint density at radius 3 is 2.69 bits per heavy atom. The van der Waals surface area contributed by atoms with Crippen molar-refractivity contribution in [2.45, 2.75) is 84.2 Å². The number of benzene rings is 1. The van der Waals surface area contributed by atoms with E-state index >= 15 is 0 Å². The lowest BCUT2D eigenvalue weighted by Gasteiger charge is -2.34. The van der Waals surface area contributed by atoms with Gasteiger partial charge in [-0.05, 0) is 95.3 Å². The highest BCUT2D eigenvalue weighted by Crippen LogP contribution is 2.38. The summed E-state index contributed by atoms with van der Waals surface area (Å²) in [6.07, 6.45) is 14.0. The monoisotopic (exact) mass is 434 g/mol. The maximum Gasteiger partial charge on any atom is 0.410 e. The van der Waals surface area contributed by atoms with E-state index in [1.807, 2.05) is 31.9 Å². The molecular weight excluding hydrogens is 396 g/mol. The number of aliphatic imine (C=N–C) groups is 1. The van der Waals surface area contributed by atoms with Crippen LogP contribution in [0.15, 0.2) is 47.1 Å². The molecule has 0 spiro atoms. The topological polar surface area (TPSA) is 41.9 Å². The maximum atomic E-state index is 12.4. The summed E-state index contributed by atoms with van der Waals surface area (Å²) in [5.41, 5.74) is 6.60. The van der Waals surface area contributed by atoms with Gasteiger partial charge in [0.2, 0.25) is 0 Å². The van der Waals surface area contributed by atoms with Crippen molar-refractivity contribution in [3.63, 3.8) is 0 Å². The van der Waals surface area contributed by atoms with E-state index in [4.69, 9.17) is 9.73 Å². The van der Waals surface area contributed by atoms with Gasteiger partial charge in [-0.1, -0.05) is 35.9 Å². The number of allylic oxidation sites excluding steroid dienone is 3. The van der Waals surface area contributed by atoms with Crippen molar-refractivity contribution in [3.8, 4) is 0 Å². The molecule has 1 aromatic rings. The van der Waals surface area contributed by atoms with Crippen LogP contribution in [0.5, 0.6) is 0 Å².